The summed E-state index contributed by atoms with van der Waals surface area (Å²) in [4.78, 5) is 2.45. The van der Waals surface area contributed by atoms with Crippen LogP contribution in [0.5, 0.6) is 0 Å². The predicted molar refractivity (Wildman–Crippen MR) is 76.0 cm³/mol. The lowest BCUT2D eigenvalue weighted by Crippen LogP contribution is -2.42. The van der Waals surface area contributed by atoms with E-state index in [-0.39, 0.29) is 0 Å². The van der Waals surface area contributed by atoms with Crippen molar-refractivity contribution in [2.24, 2.45) is 5.73 Å². The van der Waals surface area contributed by atoms with Crippen LogP contribution in [0.1, 0.15) is 18.4 Å². The fourth-order valence-corrected chi connectivity index (χ4v) is 3.68. The van der Waals surface area contributed by atoms with Crippen molar-refractivity contribution in [2.75, 3.05) is 18.0 Å². The van der Waals surface area contributed by atoms with Gasteiger partial charge in [-0.15, -0.1) is 11.3 Å². The maximum absolute atomic E-state index is 6.08. The number of hydrogen-bond donors (Lipinski definition) is 1. The van der Waals surface area contributed by atoms with E-state index in [1.165, 1.54) is 27.8 Å². The largest absolute Gasteiger partial charge is 0.369 e. The minimum Gasteiger partial charge on any atom is -0.369 e. The Bertz CT molecular complexity index is 532. The molecule has 1 saturated heterocycles. The maximum Gasteiger partial charge on any atom is 0.0457 e. The van der Waals surface area contributed by atoms with Crippen LogP contribution in [-0.4, -0.2) is 19.1 Å². The van der Waals surface area contributed by atoms with Gasteiger partial charge in [0.2, 0.25) is 0 Å². The molecule has 0 amide bonds. The standard InChI is InChI=1S/C14H18N2S/c1-10-9-17-13-6-2-5-12(14(10)13)16-7-3-4-11(15)8-16/h2,5-6,9,11H,3-4,7-8,15H2,1H3. The zero-order valence-corrected chi connectivity index (χ0v) is 11.0. The number of benzene rings is 1. The van der Waals surface area contributed by atoms with Gasteiger partial charge in [-0.25, -0.2) is 0 Å². The van der Waals surface area contributed by atoms with Crippen LogP contribution in [0.15, 0.2) is 23.6 Å². The highest BCUT2D eigenvalue weighted by Crippen LogP contribution is 2.34. The van der Waals surface area contributed by atoms with E-state index in [4.69, 9.17) is 5.73 Å². The van der Waals surface area contributed by atoms with E-state index >= 15 is 0 Å². The van der Waals surface area contributed by atoms with E-state index in [0.29, 0.717) is 6.04 Å². The molecule has 3 heteroatoms. The Morgan fingerprint density at radius 2 is 2.29 bits per heavy atom. The van der Waals surface area contributed by atoms with E-state index in [0.717, 1.165) is 19.5 Å². The number of thiophene rings is 1. The minimum atomic E-state index is 0.331. The summed E-state index contributed by atoms with van der Waals surface area (Å²) in [5.41, 5.74) is 8.84. The second-order valence-corrected chi connectivity index (χ2v) is 5.83. The van der Waals surface area contributed by atoms with Gasteiger partial charge in [0.1, 0.15) is 0 Å². The first kappa shape index (κ1) is 11.1. The maximum atomic E-state index is 6.08. The highest BCUT2D eigenvalue weighted by atomic mass is 32.1. The SMILES string of the molecule is Cc1csc2cccc(N3CCCC(N)C3)c12. The van der Waals surface area contributed by atoms with Gasteiger partial charge in [0, 0.05) is 34.9 Å². The van der Waals surface area contributed by atoms with Crippen LogP contribution < -0.4 is 10.6 Å². The highest BCUT2D eigenvalue weighted by molar-refractivity contribution is 7.17. The first-order chi connectivity index (χ1) is 8.25. The Morgan fingerprint density at radius 3 is 3.12 bits per heavy atom. The van der Waals surface area contributed by atoms with Crippen LogP contribution in [-0.2, 0) is 0 Å². The second-order valence-electron chi connectivity index (χ2n) is 4.92. The molecule has 17 heavy (non-hydrogen) atoms. The molecule has 90 valence electrons. The molecular formula is C14H18N2S. The van der Waals surface area contributed by atoms with Crippen LogP contribution in [0.3, 0.4) is 0 Å². The average Bonchev–Trinajstić information content (AvgIpc) is 2.71. The van der Waals surface area contributed by atoms with E-state index in [2.05, 4.69) is 35.4 Å². The van der Waals surface area contributed by atoms with Crippen LogP contribution in [0.2, 0.25) is 0 Å². The zero-order chi connectivity index (χ0) is 11.8. The van der Waals surface area contributed by atoms with Gasteiger partial charge in [-0.1, -0.05) is 6.07 Å². The third kappa shape index (κ3) is 1.94. The molecule has 3 rings (SSSR count). The minimum absolute atomic E-state index is 0.331. The third-order valence-electron chi connectivity index (χ3n) is 3.56. The van der Waals surface area contributed by atoms with E-state index in [1.54, 1.807) is 0 Å². The van der Waals surface area contributed by atoms with Gasteiger partial charge in [-0.05, 0) is 42.8 Å². The van der Waals surface area contributed by atoms with Crippen molar-refractivity contribution in [1.29, 1.82) is 0 Å². The van der Waals surface area contributed by atoms with Gasteiger partial charge in [-0.2, -0.15) is 0 Å². The number of rotatable bonds is 1. The molecule has 0 bridgehead atoms. The molecule has 2 N–H and O–H groups in total. The summed E-state index contributed by atoms with van der Waals surface area (Å²) >= 11 is 1.83. The molecule has 1 unspecified atom stereocenters. The molecular weight excluding hydrogens is 228 g/mol. The second kappa shape index (κ2) is 4.31. The Balaban J connectivity index is 2.07. The van der Waals surface area contributed by atoms with Crippen molar-refractivity contribution >= 4 is 27.1 Å². The lowest BCUT2D eigenvalue weighted by molar-refractivity contribution is 0.507. The molecule has 1 fully saturated rings. The van der Waals surface area contributed by atoms with Crippen molar-refractivity contribution in [3.8, 4) is 0 Å². The van der Waals surface area contributed by atoms with E-state index in [9.17, 15) is 0 Å². The molecule has 2 aromatic rings. The molecule has 1 aromatic heterocycles. The van der Waals surface area contributed by atoms with Crippen LogP contribution in [0.25, 0.3) is 10.1 Å². The first-order valence-electron chi connectivity index (χ1n) is 6.23. The van der Waals surface area contributed by atoms with E-state index < -0.39 is 0 Å². The number of fused-ring (bicyclic) bond motifs is 1. The number of piperidine rings is 1. The molecule has 2 nitrogen and oxygen atoms in total. The molecule has 1 aromatic carbocycles. The van der Waals surface area contributed by atoms with Crippen molar-refractivity contribution in [3.05, 3.63) is 29.1 Å². The number of aryl methyl sites for hydroxylation is 1. The fourth-order valence-electron chi connectivity index (χ4n) is 2.72. The summed E-state index contributed by atoms with van der Waals surface area (Å²) < 4.78 is 1.39. The first-order valence-corrected chi connectivity index (χ1v) is 7.11. The van der Waals surface area contributed by atoms with Gasteiger partial charge in [0.05, 0.1) is 0 Å². The average molecular weight is 246 g/mol. The number of nitrogens with two attached hydrogens (primary N) is 1. The monoisotopic (exact) mass is 246 g/mol. The van der Waals surface area contributed by atoms with Gasteiger partial charge >= 0.3 is 0 Å². The lowest BCUT2D eigenvalue weighted by Gasteiger charge is -2.33. The summed E-state index contributed by atoms with van der Waals surface area (Å²) in [7, 11) is 0. The molecule has 0 saturated carbocycles. The van der Waals surface area contributed by atoms with Crippen molar-refractivity contribution in [2.45, 2.75) is 25.8 Å². The van der Waals surface area contributed by atoms with Gasteiger partial charge in [0.25, 0.3) is 0 Å². The summed E-state index contributed by atoms with van der Waals surface area (Å²) in [5.74, 6) is 0. The van der Waals surface area contributed by atoms with Gasteiger partial charge < -0.3 is 10.6 Å². The van der Waals surface area contributed by atoms with Gasteiger partial charge in [0.15, 0.2) is 0 Å². The van der Waals surface area contributed by atoms with Crippen LogP contribution >= 0.6 is 11.3 Å². The number of hydrogen-bond acceptors (Lipinski definition) is 3. The highest BCUT2D eigenvalue weighted by Gasteiger charge is 2.19. The van der Waals surface area contributed by atoms with E-state index in [1.807, 2.05) is 11.3 Å². The lowest BCUT2D eigenvalue weighted by atomic mass is 10.0. The molecule has 0 spiro atoms. The van der Waals surface area contributed by atoms with Crippen LogP contribution in [0, 0.1) is 6.92 Å². The fraction of sp³-hybridized carbons (Fsp3) is 0.429. The Kier molecular flexibility index (Phi) is 2.81. The Labute approximate surface area is 106 Å². The van der Waals surface area contributed by atoms with Crippen molar-refractivity contribution in [3.63, 3.8) is 0 Å². The molecule has 0 radical (unpaired) electrons. The molecule has 2 heterocycles. The molecule has 1 aliphatic rings. The summed E-state index contributed by atoms with van der Waals surface area (Å²) in [6.45, 7) is 4.34. The smallest absolute Gasteiger partial charge is 0.0457 e. The topological polar surface area (TPSA) is 29.3 Å². The number of nitrogens with zero attached hydrogens (tertiary/aromatic N) is 1. The number of anilines is 1. The molecule has 0 aliphatic carbocycles. The normalized spacial score (nSPS) is 21.1. The third-order valence-corrected chi connectivity index (χ3v) is 4.63. The molecule has 1 aliphatic heterocycles. The van der Waals surface area contributed by atoms with Crippen molar-refractivity contribution in [1.82, 2.24) is 0 Å². The van der Waals surface area contributed by atoms with Crippen LogP contribution in [0.4, 0.5) is 5.69 Å². The Hall–Kier alpha value is -1.06. The quantitative estimate of drug-likeness (QED) is 0.837. The predicted octanol–water partition coefficient (Wildman–Crippen LogP) is 3.14. The summed E-state index contributed by atoms with van der Waals surface area (Å²) in [5, 5.41) is 3.67. The van der Waals surface area contributed by atoms with Crippen molar-refractivity contribution < 1.29 is 0 Å². The van der Waals surface area contributed by atoms with Gasteiger partial charge in [-0.3, -0.25) is 0 Å². The summed E-state index contributed by atoms with van der Waals surface area (Å²) in [6.07, 6.45) is 2.37. The zero-order valence-electron chi connectivity index (χ0n) is 10.1. The summed E-state index contributed by atoms with van der Waals surface area (Å²) in [6, 6.07) is 6.94. The Morgan fingerprint density at radius 1 is 1.41 bits per heavy atom. The molecule has 1 atom stereocenters.